The minimum atomic E-state index is -0.474. The Labute approximate surface area is 109 Å². The van der Waals surface area contributed by atoms with Gasteiger partial charge in [0.1, 0.15) is 5.82 Å². The summed E-state index contributed by atoms with van der Waals surface area (Å²) in [5.74, 6) is -0.717. The molecule has 0 saturated carbocycles. The Hall–Kier alpha value is -1.61. The van der Waals surface area contributed by atoms with Crippen LogP contribution in [0.1, 0.15) is 11.1 Å². The summed E-state index contributed by atoms with van der Waals surface area (Å²) in [4.78, 5) is 0. The fourth-order valence-electron chi connectivity index (χ4n) is 1.65. The van der Waals surface area contributed by atoms with Gasteiger partial charge in [0.05, 0.1) is 10.7 Å². The van der Waals surface area contributed by atoms with Crippen molar-refractivity contribution in [3.63, 3.8) is 0 Å². The van der Waals surface area contributed by atoms with Crippen LogP contribution < -0.4 is 5.32 Å². The molecular weight excluding hydrogens is 256 g/mol. The van der Waals surface area contributed by atoms with Crippen LogP contribution in [0, 0.1) is 18.6 Å². The van der Waals surface area contributed by atoms with E-state index in [9.17, 15) is 8.78 Å². The quantitative estimate of drug-likeness (QED) is 0.861. The molecule has 0 aromatic heterocycles. The van der Waals surface area contributed by atoms with Gasteiger partial charge < -0.3 is 5.32 Å². The van der Waals surface area contributed by atoms with E-state index in [4.69, 9.17) is 11.6 Å². The molecule has 18 heavy (non-hydrogen) atoms. The van der Waals surface area contributed by atoms with Crippen LogP contribution >= 0.6 is 11.6 Å². The molecule has 0 aliphatic carbocycles. The number of aryl methyl sites for hydroxylation is 1. The van der Waals surface area contributed by atoms with Crippen LogP contribution in [0.5, 0.6) is 0 Å². The van der Waals surface area contributed by atoms with Crippen molar-refractivity contribution in [2.45, 2.75) is 13.5 Å². The second kappa shape index (κ2) is 5.36. The van der Waals surface area contributed by atoms with Crippen LogP contribution in [-0.4, -0.2) is 0 Å². The minimum Gasteiger partial charge on any atom is -0.379 e. The third-order valence-corrected chi connectivity index (χ3v) is 2.95. The fourth-order valence-corrected chi connectivity index (χ4v) is 1.83. The van der Waals surface area contributed by atoms with Gasteiger partial charge in [-0.15, -0.1) is 0 Å². The summed E-state index contributed by atoms with van der Waals surface area (Å²) in [5.41, 5.74) is 1.79. The molecule has 1 N–H and O–H groups in total. The Morgan fingerprint density at radius 1 is 1.17 bits per heavy atom. The number of hydrogen-bond donors (Lipinski definition) is 1. The SMILES string of the molecule is Cc1cc(CNc2cccc(Cl)c2F)ccc1F. The van der Waals surface area contributed by atoms with E-state index in [0.717, 1.165) is 5.56 Å². The second-order valence-electron chi connectivity index (χ2n) is 4.04. The van der Waals surface area contributed by atoms with Gasteiger partial charge in [-0.1, -0.05) is 29.8 Å². The maximum atomic E-state index is 13.6. The lowest BCUT2D eigenvalue weighted by atomic mass is 10.1. The number of halogens is 3. The zero-order valence-electron chi connectivity index (χ0n) is 9.81. The molecule has 0 unspecified atom stereocenters. The first-order valence-electron chi connectivity index (χ1n) is 5.51. The van der Waals surface area contributed by atoms with E-state index in [0.29, 0.717) is 17.8 Å². The van der Waals surface area contributed by atoms with E-state index in [1.54, 1.807) is 31.2 Å². The van der Waals surface area contributed by atoms with E-state index in [-0.39, 0.29) is 10.8 Å². The summed E-state index contributed by atoms with van der Waals surface area (Å²) >= 11 is 5.68. The van der Waals surface area contributed by atoms with Crippen molar-refractivity contribution in [1.29, 1.82) is 0 Å². The molecule has 0 bridgehead atoms. The Morgan fingerprint density at radius 2 is 1.94 bits per heavy atom. The molecule has 0 radical (unpaired) electrons. The van der Waals surface area contributed by atoms with E-state index < -0.39 is 5.82 Å². The van der Waals surface area contributed by atoms with E-state index >= 15 is 0 Å². The van der Waals surface area contributed by atoms with Crippen LogP contribution in [0.25, 0.3) is 0 Å². The first-order chi connectivity index (χ1) is 8.58. The fraction of sp³-hybridized carbons (Fsp3) is 0.143. The zero-order chi connectivity index (χ0) is 13.1. The van der Waals surface area contributed by atoms with Crippen molar-refractivity contribution in [2.24, 2.45) is 0 Å². The van der Waals surface area contributed by atoms with Gasteiger partial charge >= 0.3 is 0 Å². The standard InChI is InChI=1S/C14H12ClF2N/c1-9-7-10(5-6-12(9)16)8-18-13-4-2-3-11(15)14(13)17/h2-7,18H,8H2,1H3. The Kier molecular flexibility index (Phi) is 3.82. The summed E-state index contributed by atoms with van der Waals surface area (Å²) in [6, 6.07) is 9.56. The molecule has 1 nitrogen and oxygen atoms in total. The summed E-state index contributed by atoms with van der Waals surface area (Å²) in [7, 11) is 0. The summed E-state index contributed by atoms with van der Waals surface area (Å²) in [6.45, 7) is 2.11. The normalized spacial score (nSPS) is 10.4. The smallest absolute Gasteiger partial charge is 0.164 e. The van der Waals surface area contributed by atoms with Crippen molar-refractivity contribution in [3.05, 3.63) is 64.2 Å². The predicted molar refractivity (Wildman–Crippen MR) is 69.9 cm³/mol. The van der Waals surface area contributed by atoms with Gasteiger partial charge in [0, 0.05) is 6.54 Å². The highest BCUT2D eigenvalue weighted by Gasteiger charge is 2.06. The highest BCUT2D eigenvalue weighted by Crippen LogP contribution is 2.22. The molecule has 94 valence electrons. The van der Waals surface area contributed by atoms with Crippen LogP contribution in [0.3, 0.4) is 0 Å². The van der Waals surface area contributed by atoms with Crippen LogP contribution in [-0.2, 0) is 6.54 Å². The van der Waals surface area contributed by atoms with Gasteiger partial charge in [0.2, 0.25) is 0 Å². The molecule has 0 atom stereocenters. The first kappa shape index (κ1) is 12.8. The molecule has 2 aromatic carbocycles. The predicted octanol–water partition coefficient (Wildman–Crippen LogP) is 4.54. The topological polar surface area (TPSA) is 12.0 Å². The highest BCUT2D eigenvalue weighted by atomic mass is 35.5. The largest absolute Gasteiger partial charge is 0.379 e. The zero-order valence-corrected chi connectivity index (χ0v) is 10.6. The van der Waals surface area contributed by atoms with Crippen LogP contribution in [0.15, 0.2) is 36.4 Å². The number of rotatable bonds is 3. The number of anilines is 1. The van der Waals surface area contributed by atoms with Gasteiger partial charge in [0.25, 0.3) is 0 Å². The molecule has 0 heterocycles. The summed E-state index contributed by atoms with van der Waals surface area (Å²) in [5, 5.41) is 3.01. The van der Waals surface area contributed by atoms with E-state index in [2.05, 4.69) is 5.32 Å². The lowest BCUT2D eigenvalue weighted by Gasteiger charge is -2.09. The van der Waals surface area contributed by atoms with Gasteiger partial charge in [-0.05, 0) is 36.2 Å². The Balaban J connectivity index is 2.11. The van der Waals surface area contributed by atoms with E-state index in [1.165, 1.54) is 12.1 Å². The summed E-state index contributed by atoms with van der Waals surface area (Å²) in [6.07, 6.45) is 0. The van der Waals surface area contributed by atoms with Crippen molar-refractivity contribution < 1.29 is 8.78 Å². The van der Waals surface area contributed by atoms with Gasteiger partial charge in [-0.2, -0.15) is 0 Å². The molecular formula is C14H12ClF2N. The van der Waals surface area contributed by atoms with Crippen LogP contribution in [0.4, 0.5) is 14.5 Å². The summed E-state index contributed by atoms with van der Waals surface area (Å²) < 4.78 is 26.7. The van der Waals surface area contributed by atoms with E-state index in [1.807, 2.05) is 0 Å². The first-order valence-corrected chi connectivity index (χ1v) is 5.88. The lowest BCUT2D eigenvalue weighted by molar-refractivity contribution is 0.617. The van der Waals surface area contributed by atoms with Crippen molar-refractivity contribution in [3.8, 4) is 0 Å². The van der Waals surface area contributed by atoms with Gasteiger partial charge in [-0.25, -0.2) is 8.78 Å². The molecule has 2 aromatic rings. The maximum absolute atomic E-state index is 13.6. The van der Waals surface area contributed by atoms with Crippen molar-refractivity contribution in [1.82, 2.24) is 0 Å². The minimum absolute atomic E-state index is 0.0790. The van der Waals surface area contributed by atoms with Crippen molar-refractivity contribution >= 4 is 17.3 Å². The third kappa shape index (κ3) is 2.79. The molecule has 0 fully saturated rings. The highest BCUT2D eigenvalue weighted by molar-refractivity contribution is 6.31. The maximum Gasteiger partial charge on any atom is 0.164 e. The average Bonchev–Trinajstić information content (AvgIpc) is 2.35. The monoisotopic (exact) mass is 267 g/mol. The Morgan fingerprint density at radius 3 is 2.67 bits per heavy atom. The Bertz CT molecular complexity index is 570. The number of benzene rings is 2. The molecule has 0 aliphatic rings. The molecule has 0 spiro atoms. The number of hydrogen-bond acceptors (Lipinski definition) is 1. The molecule has 0 aliphatic heterocycles. The molecule has 4 heteroatoms. The average molecular weight is 268 g/mol. The van der Waals surface area contributed by atoms with Gasteiger partial charge in [0.15, 0.2) is 5.82 Å². The van der Waals surface area contributed by atoms with Crippen molar-refractivity contribution in [2.75, 3.05) is 5.32 Å². The molecule has 0 saturated heterocycles. The van der Waals surface area contributed by atoms with Gasteiger partial charge in [-0.3, -0.25) is 0 Å². The second-order valence-corrected chi connectivity index (χ2v) is 4.45. The third-order valence-electron chi connectivity index (χ3n) is 2.66. The lowest BCUT2D eigenvalue weighted by Crippen LogP contribution is -2.02. The van der Waals surface area contributed by atoms with Crippen LogP contribution in [0.2, 0.25) is 5.02 Å². The molecule has 0 amide bonds. The number of nitrogens with one attached hydrogen (secondary N) is 1. The molecule has 2 rings (SSSR count).